The van der Waals surface area contributed by atoms with Crippen LogP contribution in [0.3, 0.4) is 0 Å². The predicted molar refractivity (Wildman–Crippen MR) is 77.9 cm³/mol. The number of anilines is 1. The molecular weight excluding hydrogens is 264 g/mol. The van der Waals surface area contributed by atoms with E-state index in [0.717, 1.165) is 12.8 Å². The van der Waals surface area contributed by atoms with Gasteiger partial charge in [0.25, 0.3) is 0 Å². The first-order valence-electron chi connectivity index (χ1n) is 6.07. The Morgan fingerprint density at radius 1 is 1.26 bits per heavy atom. The van der Waals surface area contributed by atoms with Crippen LogP contribution >= 0.6 is 0 Å². The molecule has 1 aromatic rings. The van der Waals surface area contributed by atoms with Crippen LogP contribution in [0.25, 0.3) is 0 Å². The molecular formula is C13H22N2O3S. The van der Waals surface area contributed by atoms with Gasteiger partial charge in [0.05, 0.1) is 11.9 Å². The first-order valence-corrected chi connectivity index (χ1v) is 7.96. The van der Waals surface area contributed by atoms with E-state index in [1.807, 2.05) is 0 Å². The summed E-state index contributed by atoms with van der Waals surface area (Å²) < 4.78 is 30.2. The minimum atomic E-state index is -3.26. The number of benzene rings is 1. The molecule has 0 aliphatic carbocycles. The van der Waals surface area contributed by atoms with Crippen LogP contribution in [0.4, 0.5) is 5.69 Å². The predicted octanol–water partition coefficient (Wildman–Crippen LogP) is 2.03. The van der Waals surface area contributed by atoms with E-state index in [0.29, 0.717) is 18.2 Å². The number of nitrogens with one attached hydrogen (secondary N) is 2. The molecule has 0 atom stereocenters. The van der Waals surface area contributed by atoms with Gasteiger partial charge in [0, 0.05) is 12.6 Å². The lowest BCUT2D eigenvalue weighted by Crippen LogP contribution is -2.30. The Morgan fingerprint density at radius 3 is 2.53 bits per heavy atom. The van der Waals surface area contributed by atoms with Gasteiger partial charge in [-0.2, -0.15) is 0 Å². The van der Waals surface area contributed by atoms with Crippen molar-refractivity contribution < 1.29 is 13.2 Å². The van der Waals surface area contributed by atoms with E-state index in [4.69, 9.17) is 4.74 Å². The molecule has 19 heavy (non-hydrogen) atoms. The molecule has 0 saturated carbocycles. The standard InChI is InChI=1S/C13H22N2O3S/c1-13(2,3)9-14-10-18-12-7-5-6-11(8-12)15-19(4,16)17/h5-8,14-15H,9-10H2,1-4H3. The van der Waals surface area contributed by atoms with Crippen molar-refractivity contribution in [3.8, 4) is 5.75 Å². The summed E-state index contributed by atoms with van der Waals surface area (Å²) in [7, 11) is -3.26. The highest BCUT2D eigenvalue weighted by molar-refractivity contribution is 7.92. The molecule has 0 fully saturated rings. The molecule has 0 radical (unpaired) electrons. The summed E-state index contributed by atoms with van der Waals surface area (Å²) >= 11 is 0. The SMILES string of the molecule is CC(C)(C)CNCOc1cccc(NS(C)(=O)=O)c1. The Morgan fingerprint density at radius 2 is 1.95 bits per heavy atom. The van der Waals surface area contributed by atoms with Crippen LogP contribution in [-0.4, -0.2) is 27.9 Å². The summed E-state index contributed by atoms with van der Waals surface area (Å²) in [4.78, 5) is 0. The van der Waals surface area contributed by atoms with E-state index in [1.54, 1.807) is 24.3 Å². The molecule has 0 spiro atoms. The zero-order valence-electron chi connectivity index (χ0n) is 11.9. The fraction of sp³-hybridized carbons (Fsp3) is 0.538. The van der Waals surface area contributed by atoms with E-state index in [-0.39, 0.29) is 5.41 Å². The van der Waals surface area contributed by atoms with Gasteiger partial charge in [0.15, 0.2) is 0 Å². The molecule has 0 heterocycles. The summed E-state index contributed by atoms with van der Waals surface area (Å²) in [5.74, 6) is 0.620. The Kier molecular flexibility index (Phi) is 5.20. The van der Waals surface area contributed by atoms with Crippen LogP contribution in [0, 0.1) is 5.41 Å². The van der Waals surface area contributed by atoms with Gasteiger partial charge in [-0.15, -0.1) is 0 Å². The Balaban J connectivity index is 2.49. The second-order valence-corrected chi connectivity index (χ2v) is 7.43. The highest BCUT2D eigenvalue weighted by Gasteiger charge is 2.08. The highest BCUT2D eigenvalue weighted by atomic mass is 32.2. The first kappa shape index (κ1) is 15.8. The maximum Gasteiger partial charge on any atom is 0.229 e. The van der Waals surface area contributed by atoms with E-state index in [2.05, 4.69) is 30.8 Å². The quantitative estimate of drug-likeness (QED) is 0.620. The van der Waals surface area contributed by atoms with Gasteiger partial charge in [-0.25, -0.2) is 8.42 Å². The molecule has 1 rings (SSSR count). The van der Waals surface area contributed by atoms with E-state index in [1.165, 1.54) is 0 Å². The topological polar surface area (TPSA) is 67.4 Å². The van der Waals surface area contributed by atoms with Crippen molar-refractivity contribution in [3.63, 3.8) is 0 Å². The normalized spacial score (nSPS) is 12.2. The molecule has 6 heteroatoms. The van der Waals surface area contributed by atoms with Crippen LogP contribution in [0.1, 0.15) is 20.8 Å². The van der Waals surface area contributed by atoms with Gasteiger partial charge >= 0.3 is 0 Å². The fourth-order valence-corrected chi connectivity index (χ4v) is 1.98. The Bertz CT molecular complexity index is 507. The summed E-state index contributed by atoms with van der Waals surface area (Å²) in [6.45, 7) is 7.64. The second kappa shape index (κ2) is 6.25. The van der Waals surface area contributed by atoms with Crippen LogP contribution < -0.4 is 14.8 Å². The fourth-order valence-electron chi connectivity index (χ4n) is 1.42. The third-order valence-corrected chi connectivity index (χ3v) is 2.74. The molecule has 1 aromatic carbocycles. The van der Waals surface area contributed by atoms with Crippen molar-refractivity contribution in [2.75, 3.05) is 24.3 Å². The van der Waals surface area contributed by atoms with Crippen molar-refractivity contribution in [3.05, 3.63) is 24.3 Å². The minimum absolute atomic E-state index is 0.197. The molecule has 0 saturated heterocycles. The van der Waals surface area contributed by atoms with Gasteiger partial charge in [-0.3, -0.25) is 10.0 Å². The van der Waals surface area contributed by atoms with Gasteiger partial charge < -0.3 is 4.74 Å². The summed E-state index contributed by atoms with van der Waals surface area (Å²) in [6, 6.07) is 6.86. The lowest BCUT2D eigenvalue weighted by molar-refractivity contribution is 0.254. The molecule has 5 nitrogen and oxygen atoms in total. The van der Waals surface area contributed by atoms with Crippen LogP contribution in [0.15, 0.2) is 24.3 Å². The van der Waals surface area contributed by atoms with Crippen molar-refractivity contribution in [2.45, 2.75) is 20.8 Å². The van der Waals surface area contributed by atoms with Crippen molar-refractivity contribution >= 4 is 15.7 Å². The van der Waals surface area contributed by atoms with Crippen LogP contribution in [-0.2, 0) is 10.0 Å². The average molecular weight is 286 g/mol. The smallest absolute Gasteiger partial charge is 0.229 e. The molecule has 108 valence electrons. The highest BCUT2D eigenvalue weighted by Crippen LogP contribution is 2.18. The number of hydrogen-bond donors (Lipinski definition) is 2. The van der Waals surface area contributed by atoms with Crippen molar-refractivity contribution in [1.82, 2.24) is 5.32 Å². The maximum atomic E-state index is 11.1. The summed E-state index contributed by atoms with van der Waals surface area (Å²) in [5.41, 5.74) is 0.694. The number of ether oxygens (including phenoxy) is 1. The lowest BCUT2D eigenvalue weighted by Gasteiger charge is -2.19. The molecule has 0 aliphatic rings. The minimum Gasteiger partial charge on any atom is -0.478 e. The zero-order chi connectivity index (χ0) is 14.5. The Labute approximate surface area is 115 Å². The van der Waals surface area contributed by atoms with Gasteiger partial charge in [-0.05, 0) is 17.5 Å². The molecule has 0 amide bonds. The van der Waals surface area contributed by atoms with E-state index < -0.39 is 10.0 Å². The molecule has 2 N–H and O–H groups in total. The molecule has 0 bridgehead atoms. The Hall–Kier alpha value is -1.27. The molecule has 0 unspecified atom stereocenters. The van der Waals surface area contributed by atoms with Crippen LogP contribution in [0.5, 0.6) is 5.75 Å². The number of sulfonamides is 1. The van der Waals surface area contributed by atoms with Gasteiger partial charge in [-0.1, -0.05) is 26.8 Å². The van der Waals surface area contributed by atoms with Gasteiger partial charge in [0.1, 0.15) is 12.5 Å². The second-order valence-electron chi connectivity index (χ2n) is 5.68. The third-order valence-electron chi connectivity index (χ3n) is 2.13. The first-order chi connectivity index (χ1) is 8.66. The summed E-state index contributed by atoms with van der Waals surface area (Å²) in [5, 5.41) is 3.18. The largest absolute Gasteiger partial charge is 0.478 e. The third kappa shape index (κ3) is 7.69. The molecule has 0 aromatic heterocycles. The maximum absolute atomic E-state index is 11.1. The molecule has 0 aliphatic heterocycles. The summed E-state index contributed by atoms with van der Waals surface area (Å²) in [6.07, 6.45) is 1.12. The van der Waals surface area contributed by atoms with E-state index >= 15 is 0 Å². The van der Waals surface area contributed by atoms with Crippen LogP contribution in [0.2, 0.25) is 0 Å². The van der Waals surface area contributed by atoms with Crippen molar-refractivity contribution in [2.24, 2.45) is 5.41 Å². The number of rotatable bonds is 6. The monoisotopic (exact) mass is 286 g/mol. The number of hydrogen-bond acceptors (Lipinski definition) is 4. The van der Waals surface area contributed by atoms with Crippen molar-refractivity contribution in [1.29, 1.82) is 0 Å². The van der Waals surface area contributed by atoms with E-state index in [9.17, 15) is 8.42 Å². The van der Waals surface area contributed by atoms with Gasteiger partial charge in [0.2, 0.25) is 10.0 Å². The zero-order valence-corrected chi connectivity index (χ0v) is 12.7. The average Bonchev–Trinajstić information content (AvgIpc) is 2.21. The lowest BCUT2D eigenvalue weighted by atomic mass is 9.97.